The molecule has 2 aliphatic rings. The van der Waals surface area contributed by atoms with Gasteiger partial charge in [-0.2, -0.15) is 62.9 Å². The lowest BCUT2D eigenvalue weighted by molar-refractivity contribution is -0.145. The summed E-state index contributed by atoms with van der Waals surface area (Å²) >= 11 is 0. The highest BCUT2D eigenvalue weighted by atomic mass is 19.4. The van der Waals surface area contributed by atoms with Gasteiger partial charge in [0, 0.05) is 0 Å². The molecule has 2 aromatic heterocycles. The molecule has 0 spiro atoms. The van der Waals surface area contributed by atoms with Crippen LogP contribution in [0.4, 0.5) is 62.3 Å². The maximum absolute atomic E-state index is 14.1. The third-order valence-corrected chi connectivity index (χ3v) is 17.1. The lowest BCUT2D eigenvalue weighted by Gasteiger charge is -2.52. The molecule has 0 radical (unpaired) electrons. The molecule has 10 rings (SSSR count). The van der Waals surface area contributed by atoms with E-state index in [2.05, 4.69) is 30.4 Å². The molecule has 2 aliphatic heterocycles. The normalized spacial score (nSPS) is 20.5. The molecule has 4 heterocycles. The van der Waals surface area contributed by atoms with Gasteiger partial charge in [0.2, 0.25) is 0 Å². The van der Waals surface area contributed by atoms with Crippen molar-refractivity contribution in [1.82, 2.24) is 39.3 Å². The van der Waals surface area contributed by atoms with E-state index in [-0.39, 0.29) is 76.1 Å². The maximum Gasteiger partial charge on any atom is 0.416 e. The molecule has 520 valence electrons. The molecule has 0 unspecified atom stereocenters. The Morgan fingerprint density at radius 2 is 0.918 bits per heavy atom. The summed E-state index contributed by atoms with van der Waals surface area (Å²) in [5, 5.41) is 24.9. The molecule has 2 saturated heterocycles. The number of benzene rings is 6. The third kappa shape index (κ3) is 16.3. The highest BCUT2D eigenvalue weighted by Gasteiger charge is 2.58. The van der Waals surface area contributed by atoms with Crippen molar-refractivity contribution in [3.8, 4) is 0 Å². The Morgan fingerprint density at radius 1 is 0.561 bits per heavy atom. The van der Waals surface area contributed by atoms with Crippen LogP contribution in [0.1, 0.15) is 115 Å². The first kappa shape index (κ1) is 73.6. The van der Waals surface area contributed by atoms with Gasteiger partial charge in [0.1, 0.15) is 38.0 Å². The lowest BCUT2D eigenvalue weighted by atomic mass is 9.75. The molecule has 31 heteroatoms. The fraction of sp³-hybridized carbons (Fsp3) is 0.343. The monoisotopic (exact) mass is 1380 g/mol. The smallest absolute Gasteiger partial charge is 0.416 e. The Labute approximate surface area is 551 Å². The number of nitrogens with zero attached hydrogens (tertiary/aromatic N) is 8. The first-order valence-electron chi connectivity index (χ1n) is 29.6. The number of hydrogen-bond acceptors (Lipinski definition) is 12. The van der Waals surface area contributed by atoms with Crippen molar-refractivity contribution in [3.05, 3.63) is 258 Å². The number of alkyl halides is 12. The Balaban J connectivity index is 0.000000248. The molecule has 2 amide bonds. The average molecular weight is 1380 g/mol. The van der Waals surface area contributed by atoms with Crippen molar-refractivity contribution in [1.29, 1.82) is 0 Å². The number of oxime groups is 1. The van der Waals surface area contributed by atoms with Crippen LogP contribution < -0.4 is 11.4 Å². The van der Waals surface area contributed by atoms with Gasteiger partial charge >= 0.3 is 53.9 Å². The molecular formula is C67H64F12N10O9. The van der Waals surface area contributed by atoms with Crippen molar-refractivity contribution in [2.24, 2.45) is 5.16 Å². The number of ether oxygens (including phenoxy) is 4. The summed E-state index contributed by atoms with van der Waals surface area (Å²) in [5.41, 5.74) is -11.7. The van der Waals surface area contributed by atoms with Gasteiger partial charge in [-0.15, -0.1) is 0 Å². The summed E-state index contributed by atoms with van der Waals surface area (Å²) in [7, 11) is 0. The van der Waals surface area contributed by atoms with Gasteiger partial charge in [0.25, 0.3) is 0 Å². The van der Waals surface area contributed by atoms with E-state index < -0.39 is 125 Å². The van der Waals surface area contributed by atoms with E-state index in [1.807, 2.05) is 0 Å². The number of carbonyl (C=O) groups is 2. The minimum absolute atomic E-state index is 0. The molecule has 98 heavy (non-hydrogen) atoms. The van der Waals surface area contributed by atoms with Crippen molar-refractivity contribution >= 4 is 18.4 Å². The molecule has 2 fully saturated rings. The number of aromatic nitrogens is 6. The van der Waals surface area contributed by atoms with E-state index in [0.717, 1.165) is 21.7 Å². The lowest BCUT2D eigenvalue weighted by Crippen LogP contribution is -2.64. The number of carbonyl (C=O) groups excluding carboxylic acids is 2. The molecule has 6 atom stereocenters. The van der Waals surface area contributed by atoms with Crippen LogP contribution in [0, 0.1) is 6.57 Å². The van der Waals surface area contributed by atoms with Gasteiger partial charge in [-0.1, -0.05) is 134 Å². The molecule has 6 aromatic carbocycles. The predicted molar refractivity (Wildman–Crippen MR) is 328 cm³/mol. The number of hydrogen-bond donors (Lipinski definition) is 3. The van der Waals surface area contributed by atoms with Crippen LogP contribution >= 0.6 is 0 Å². The fourth-order valence-electron chi connectivity index (χ4n) is 11.8. The van der Waals surface area contributed by atoms with Crippen LogP contribution in [0.3, 0.4) is 0 Å². The van der Waals surface area contributed by atoms with E-state index in [9.17, 15) is 77.1 Å². The number of amides is 2. The quantitative estimate of drug-likeness (QED) is 0.0256. The van der Waals surface area contributed by atoms with Crippen LogP contribution in [0.2, 0.25) is 0 Å². The van der Waals surface area contributed by atoms with Gasteiger partial charge in [-0.25, -0.2) is 40.5 Å². The largest absolute Gasteiger partial charge is 0.445 e. The number of aromatic amines is 2. The molecule has 3 N–H and O–H groups in total. The second kappa shape index (κ2) is 29.6. The highest BCUT2D eigenvalue weighted by molar-refractivity contribution is 5.74. The van der Waals surface area contributed by atoms with Gasteiger partial charge in [-0.3, -0.25) is 19.2 Å². The van der Waals surface area contributed by atoms with Crippen LogP contribution in [-0.2, 0) is 79.1 Å². The van der Waals surface area contributed by atoms with Crippen molar-refractivity contribution in [2.75, 3.05) is 26.3 Å². The Kier molecular flexibility index (Phi) is 22.3. The summed E-state index contributed by atoms with van der Waals surface area (Å²) in [5.74, 6) is 0. The van der Waals surface area contributed by atoms with Gasteiger partial charge in [0.15, 0.2) is 0 Å². The predicted octanol–water partition coefficient (Wildman–Crippen LogP) is 14.8. The van der Waals surface area contributed by atoms with Crippen LogP contribution in [0.25, 0.3) is 4.85 Å². The van der Waals surface area contributed by atoms with E-state index in [4.69, 9.17) is 25.5 Å². The molecule has 8 aromatic rings. The maximum atomic E-state index is 14.1. The fourth-order valence-corrected chi connectivity index (χ4v) is 11.8. The minimum atomic E-state index is -5.06. The molecule has 0 aliphatic carbocycles. The summed E-state index contributed by atoms with van der Waals surface area (Å²) in [6, 6.07) is 36.9. The zero-order valence-corrected chi connectivity index (χ0v) is 51.3. The van der Waals surface area contributed by atoms with E-state index in [1.165, 1.54) is 30.0 Å². The van der Waals surface area contributed by atoms with Crippen molar-refractivity contribution < 1.29 is 86.4 Å². The highest BCUT2D eigenvalue weighted by Crippen LogP contribution is 2.48. The summed E-state index contributed by atoms with van der Waals surface area (Å²) in [6.45, 7) is 8.83. The minimum Gasteiger partial charge on any atom is -0.445 e. The summed E-state index contributed by atoms with van der Waals surface area (Å²) in [4.78, 5) is 59.8. The topological polar surface area (TPSA) is 216 Å². The number of likely N-dealkylation sites (tertiary alicyclic amines) is 2. The van der Waals surface area contributed by atoms with Crippen molar-refractivity contribution in [2.45, 2.75) is 119 Å². The van der Waals surface area contributed by atoms with Crippen LogP contribution in [0.15, 0.2) is 185 Å². The zero-order valence-electron chi connectivity index (χ0n) is 51.3. The van der Waals surface area contributed by atoms with E-state index in [0.29, 0.717) is 46.5 Å². The number of rotatable bonds is 17. The Bertz CT molecular complexity index is 4140. The van der Waals surface area contributed by atoms with Gasteiger partial charge < -0.3 is 24.2 Å². The number of nitrogens with one attached hydrogen (secondary N) is 2. The van der Waals surface area contributed by atoms with E-state index >= 15 is 0 Å². The SMILES string of the molecule is C.C[C@@H](OC[C@@]1(c2ccccc2)CC[C@](/C=N/O)(n2cn[nH]c2=O)CN1C(=O)OCc1ccccc1)c1cc(C(F)(F)F)cc(C(F)(F)F)c1.[C-]#[N+][C@]1(n2cn[nH]c2=O)CC[C@@](CO[C@H](C)c2cc(C(F)(F)F)cc(C(F)(F)F)c2)(c2ccccc2)N(C(=O)OCc2ccccc2)C1. The van der Waals surface area contributed by atoms with Gasteiger partial charge in [0.05, 0.1) is 77.9 Å². The van der Waals surface area contributed by atoms with Crippen molar-refractivity contribution in [3.63, 3.8) is 0 Å². The molecule has 0 saturated carbocycles. The Hall–Kier alpha value is -10.2. The van der Waals surface area contributed by atoms with E-state index in [1.54, 1.807) is 121 Å². The molecule has 0 bridgehead atoms. The number of piperidine rings is 2. The zero-order chi connectivity index (χ0) is 70.2. The second-order valence-corrected chi connectivity index (χ2v) is 23.1. The standard InChI is InChI=1S/C33H31F6N5O5.C33H29F6N5O4.CH4/c1-22(24-14-26(32(34,35)36)16-27(15-24)33(37,38)39)49-20-31(25-10-6-3-7-11-25)13-12-30(18-41-47,44-21-40-42-28(44)45)19-43(31)29(46)48-17-23-8-4-2-5-9-23;1-22(24-15-26(32(34,35)36)17-27(16-24)33(37,38)39)48-20-30(25-11-7-4-8-12-25)13-14-31(40-2,44-21-41-42-28(44)45)19-43(30)29(46)47-18-23-9-5-3-6-10-23;/h2-11,14-16,18,21-22,47H,12-13,17,19-20H2,1H3,(H,42,45);3-12,15-17,21-22H,13-14,18-20H2,1H3,(H,42,45);1H4/b41-18+;;/t22-,30-,31-;22-,30-,31+;/m11./s1. The number of halogens is 12. The van der Waals surface area contributed by atoms with Crippen LogP contribution in [0.5, 0.6) is 0 Å². The van der Waals surface area contributed by atoms with Crippen LogP contribution in [-0.4, -0.2) is 89.2 Å². The molecular weight excluding hydrogens is 1320 g/mol. The first-order chi connectivity index (χ1) is 45.9. The Morgan fingerprint density at radius 3 is 1.27 bits per heavy atom. The summed E-state index contributed by atoms with van der Waals surface area (Å²) < 4.78 is 189. The number of H-pyrrole nitrogens is 2. The average Bonchev–Trinajstić information content (AvgIpc) is 1.13. The first-order valence-corrected chi connectivity index (χ1v) is 29.6. The third-order valence-electron chi connectivity index (χ3n) is 17.1. The second-order valence-electron chi connectivity index (χ2n) is 23.1. The van der Waals surface area contributed by atoms with Gasteiger partial charge in [-0.05, 0) is 103 Å². The molecule has 19 nitrogen and oxygen atoms in total. The summed E-state index contributed by atoms with van der Waals surface area (Å²) in [6.07, 6.45) is -21.2.